The first-order chi connectivity index (χ1) is 8.64. The first-order valence-electron chi connectivity index (χ1n) is 6.45. The molecule has 18 heavy (non-hydrogen) atoms. The molecule has 2 unspecified atom stereocenters. The summed E-state index contributed by atoms with van der Waals surface area (Å²) >= 11 is 7.75. The van der Waals surface area contributed by atoms with Crippen molar-refractivity contribution >= 4 is 23.4 Å². The minimum absolute atomic E-state index is 0.356. The molecule has 0 bridgehead atoms. The zero-order valence-electron chi connectivity index (χ0n) is 10.4. The Balaban J connectivity index is 1.82. The highest BCUT2D eigenvalue weighted by Gasteiger charge is 2.39. The van der Waals surface area contributed by atoms with Crippen molar-refractivity contribution in [2.75, 3.05) is 12.3 Å². The topological polar surface area (TPSA) is 46.2 Å². The second kappa shape index (κ2) is 6.29. The number of hydrogen-bond donors (Lipinski definition) is 2. The molecule has 0 heterocycles. The minimum atomic E-state index is -0.616. The first-order valence-corrected chi connectivity index (χ1v) is 7.81. The van der Waals surface area contributed by atoms with Crippen molar-refractivity contribution in [1.82, 2.24) is 0 Å². The molecule has 0 saturated heterocycles. The molecule has 0 radical (unpaired) electrons. The number of nitrogens with two attached hydrogens (primary N) is 1. The van der Waals surface area contributed by atoms with E-state index >= 15 is 0 Å². The third kappa shape index (κ3) is 3.41. The Kier molecular flexibility index (Phi) is 4.96. The molecule has 1 aromatic carbocycles. The fraction of sp³-hybridized carbons (Fsp3) is 0.571. The molecule has 0 amide bonds. The van der Waals surface area contributed by atoms with Gasteiger partial charge in [-0.2, -0.15) is 0 Å². The first kappa shape index (κ1) is 14.2. The molecule has 100 valence electrons. The van der Waals surface area contributed by atoms with Crippen LogP contribution in [-0.2, 0) is 0 Å². The lowest BCUT2D eigenvalue weighted by Gasteiger charge is -2.28. The Morgan fingerprint density at radius 3 is 3.06 bits per heavy atom. The third-order valence-corrected chi connectivity index (χ3v) is 5.07. The maximum atomic E-state index is 10.3. The predicted molar refractivity (Wildman–Crippen MR) is 78.1 cm³/mol. The van der Waals surface area contributed by atoms with Crippen molar-refractivity contribution in [3.8, 4) is 0 Å². The largest absolute Gasteiger partial charge is 0.388 e. The number of benzene rings is 1. The average Bonchev–Trinajstić information content (AvgIpc) is 2.72. The summed E-state index contributed by atoms with van der Waals surface area (Å²) < 4.78 is 0. The maximum Gasteiger partial charge on any atom is 0.0797 e. The summed E-state index contributed by atoms with van der Waals surface area (Å²) in [6, 6.07) is 7.91. The zero-order chi connectivity index (χ0) is 13.0. The lowest BCUT2D eigenvalue weighted by molar-refractivity contribution is 0.0104. The van der Waals surface area contributed by atoms with E-state index in [0.717, 1.165) is 36.5 Å². The lowest BCUT2D eigenvalue weighted by Crippen LogP contribution is -2.41. The number of rotatable bonds is 5. The van der Waals surface area contributed by atoms with E-state index in [4.69, 9.17) is 17.3 Å². The van der Waals surface area contributed by atoms with Gasteiger partial charge in [0.15, 0.2) is 0 Å². The van der Waals surface area contributed by atoms with Crippen LogP contribution in [0.25, 0.3) is 0 Å². The lowest BCUT2D eigenvalue weighted by atomic mass is 9.89. The van der Waals surface area contributed by atoms with Crippen LogP contribution in [0.3, 0.4) is 0 Å². The van der Waals surface area contributed by atoms with Gasteiger partial charge in [-0.1, -0.05) is 24.1 Å². The summed E-state index contributed by atoms with van der Waals surface area (Å²) in [7, 11) is 0. The summed E-state index contributed by atoms with van der Waals surface area (Å²) in [6.45, 7) is 0.388. The highest BCUT2D eigenvalue weighted by Crippen LogP contribution is 2.38. The van der Waals surface area contributed by atoms with E-state index in [1.165, 1.54) is 4.90 Å². The quantitative estimate of drug-likeness (QED) is 0.816. The molecule has 2 nitrogen and oxygen atoms in total. The van der Waals surface area contributed by atoms with Crippen molar-refractivity contribution in [3.63, 3.8) is 0 Å². The Morgan fingerprint density at radius 1 is 1.50 bits per heavy atom. The van der Waals surface area contributed by atoms with E-state index in [1.54, 1.807) is 11.8 Å². The minimum Gasteiger partial charge on any atom is -0.388 e. The van der Waals surface area contributed by atoms with Crippen LogP contribution < -0.4 is 5.73 Å². The monoisotopic (exact) mass is 285 g/mol. The molecule has 1 aliphatic carbocycles. The molecule has 3 N–H and O–H groups in total. The molecule has 0 aromatic heterocycles. The predicted octanol–water partition coefficient (Wildman–Crippen LogP) is 3.31. The maximum absolute atomic E-state index is 10.3. The van der Waals surface area contributed by atoms with Crippen molar-refractivity contribution in [3.05, 3.63) is 29.3 Å². The molecule has 2 atom stereocenters. The molecule has 0 aliphatic heterocycles. The summed E-state index contributed by atoms with van der Waals surface area (Å²) in [5.74, 6) is 1.36. The molecule has 4 heteroatoms. The van der Waals surface area contributed by atoms with Crippen LogP contribution in [0.15, 0.2) is 29.2 Å². The molecular weight excluding hydrogens is 266 g/mol. The Hall–Kier alpha value is -0.220. The number of halogens is 1. The van der Waals surface area contributed by atoms with Gasteiger partial charge in [0.1, 0.15) is 0 Å². The highest BCUT2D eigenvalue weighted by molar-refractivity contribution is 7.99. The van der Waals surface area contributed by atoms with Gasteiger partial charge in [0.25, 0.3) is 0 Å². The second-order valence-corrected chi connectivity index (χ2v) is 6.60. The standard InChI is InChI=1S/C14H20ClNOS/c15-12-4-1-5-13(9-12)18-8-6-11-3-2-7-14(11,17)10-16/h1,4-5,9,11,17H,2-3,6-8,10,16H2. The van der Waals surface area contributed by atoms with Gasteiger partial charge in [-0.25, -0.2) is 0 Å². The van der Waals surface area contributed by atoms with E-state index in [-0.39, 0.29) is 0 Å². The molecule has 1 aromatic rings. The van der Waals surface area contributed by atoms with Crippen molar-refractivity contribution in [2.24, 2.45) is 11.7 Å². The van der Waals surface area contributed by atoms with Crippen molar-refractivity contribution in [2.45, 2.75) is 36.2 Å². The van der Waals surface area contributed by atoms with Crippen LogP contribution in [0.1, 0.15) is 25.7 Å². The SMILES string of the molecule is NCC1(O)CCCC1CCSc1cccc(Cl)c1. The Bertz CT molecular complexity index is 401. The van der Waals surface area contributed by atoms with Crippen LogP contribution in [-0.4, -0.2) is 23.0 Å². The van der Waals surface area contributed by atoms with Crippen LogP contribution in [0, 0.1) is 5.92 Å². The summed E-state index contributed by atoms with van der Waals surface area (Å²) in [5, 5.41) is 11.1. The van der Waals surface area contributed by atoms with Gasteiger partial charge in [0.2, 0.25) is 0 Å². The summed E-state index contributed by atoms with van der Waals surface area (Å²) in [6.07, 6.45) is 4.07. The molecule has 0 spiro atoms. The van der Waals surface area contributed by atoms with Gasteiger partial charge in [-0.15, -0.1) is 11.8 Å². The van der Waals surface area contributed by atoms with E-state index in [2.05, 4.69) is 6.07 Å². The number of hydrogen-bond acceptors (Lipinski definition) is 3. The van der Waals surface area contributed by atoms with Gasteiger partial charge in [-0.05, 0) is 49.1 Å². The van der Waals surface area contributed by atoms with Crippen LogP contribution >= 0.6 is 23.4 Å². The fourth-order valence-electron chi connectivity index (χ4n) is 2.68. The van der Waals surface area contributed by atoms with E-state index in [1.807, 2.05) is 18.2 Å². The number of thioether (sulfide) groups is 1. The third-order valence-electron chi connectivity index (χ3n) is 3.81. The zero-order valence-corrected chi connectivity index (χ0v) is 12.0. The van der Waals surface area contributed by atoms with Gasteiger partial charge >= 0.3 is 0 Å². The smallest absolute Gasteiger partial charge is 0.0797 e. The van der Waals surface area contributed by atoms with Crippen LogP contribution in [0.5, 0.6) is 0 Å². The summed E-state index contributed by atoms with van der Waals surface area (Å²) in [5.41, 5.74) is 5.07. The number of aliphatic hydroxyl groups is 1. The molecule has 1 aliphatic rings. The molecular formula is C14H20ClNOS. The summed E-state index contributed by atoms with van der Waals surface area (Å²) in [4.78, 5) is 1.19. The van der Waals surface area contributed by atoms with E-state index in [9.17, 15) is 5.11 Å². The van der Waals surface area contributed by atoms with Gasteiger partial charge < -0.3 is 10.8 Å². The highest BCUT2D eigenvalue weighted by atomic mass is 35.5. The van der Waals surface area contributed by atoms with Gasteiger partial charge in [0, 0.05) is 16.5 Å². The Labute approximate surface area is 118 Å². The van der Waals surface area contributed by atoms with Crippen LogP contribution in [0.4, 0.5) is 0 Å². The molecule has 1 saturated carbocycles. The van der Waals surface area contributed by atoms with Gasteiger partial charge in [0.05, 0.1) is 5.60 Å². The second-order valence-electron chi connectivity index (χ2n) is 4.99. The fourth-order valence-corrected chi connectivity index (χ4v) is 3.96. The van der Waals surface area contributed by atoms with Crippen molar-refractivity contribution in [1.29, 1.82) is 0 Å². The van der Waals surface area contributed by atoms with Gasteiger partial charge in [-0.3, -0.25) is 0 Å². The molecule has 1 fully saturated rings. The molecule has 2 rings (SSSR count). The Morgan fingerprint density at radius 2 is 2.33 bits per heavy atom. The van der Waals surface area contributed by atoms with Crippen molar-refractivity contribution < 1.29 is 5.11 Å². The normalized spacial score (nSPS) is 27.6. The van der Waals surface area contributed by atoms with Crippen LogP contribution in [0.2, 0.25) is 5.02 Å². The average molecular weight is 286 g/mol. The van der Waals surface area contributed by atoms with E-state index in [0.29, 0.717) is 12.5 Å². The van der Waals surface area contributed by atoms with E-state index < -0.39 is 5.60 Å².